The van der Waals surface area contributed by atoms with E-state index < -0.39 is 0 Å². The van der Waals surface area contributed by atoms with Crippen LogP contribution in [0, 0.1) is 39.8 Å². The van der Waals surface area contributed by atoms with Crippen LogP contribution >= 0.6 is 0 Å². The van der Waals surface area contributed by atoms with Crippen LogP contribution < -0.4 is 0 Å². The third kappa shape index (κ3) is 7.63. The molecule has 0 bridgehead atoms. The van der Waals surface area contributed by atoms with Gasteiger partial charge in [0.15, 0.2) is 0 Å². The number of fused-ring (bicyclic) bond motifs is 4. The van der Waals surface area contributed by atoms with E-state index in [1.807, 2.05) is 68.7 Å². The maximum atomic E-state index is 6.21. The minimum Gasteiger partial charge on any atom is -0.486 e. The van der Waals surface area contributed by atoms with Gasteiger partial charge in [0.1, 0.15) is 0 Å². The van der Waals surface area contributed by atoms with Crippen molar-refractivity contribution in [2.24, 2.45) is 0 Å². The maximum Gasteiger partial charge on any atom is 0.216 e. The minimum atomic E-state index is 0. The SMILES string of the molecule is Cc1ccc(-c2[c-]cc(C)c(-c3ccccc3)c2)nc1.Cc1ccc2c(n1)oc1c(-c3cc(-c4ccc5cc(-c6ccccc6)ccc5c4C)ccn3)[c-]ccc12.[Ir]. The van der Waals surface area contributed by atoms with Crippen LogP contribution in [0.2, 0.25) is 0 Å². The van der Waals surface area contributed by atoms with Gasteiger partial charge in [0.2, 0.25) is 5.71 Å². The van der Waals surface area contributed by atoms with E-state index in [0.29, 0.717) is 5.71 Å². The second-order valence-corrected chi connectivity index (χ2v) is 14.5. The smallest absolute Gasteiger partial charge is 0.216 e. The van der Waals surface area contributed by atoms with Crippen molar-refractivity contribution in [3.05, 3.63) is 199 Å². The van der Waals surface area contributed by atoms with Crippen LogP contribution in [0.25, 0.3) is 88.7 Å². The number of rotatable bonds is 5. The summed E-state index contributed by atoms with van der Waals surface area (Å²) in [5, 5.41) is 4.52. The molecule has 10 aromatic rings. The van der Waals surface area contributed by atoms with Crippen LogP contribution in [-0.2, 0) is 20.1 Å². The second-order valence-electron chi connectivity index (χ2n) is 14.5. The van der Waals surface area contributed by atoms with E-state index in [4.69, 9.17) is 9.40 Å². The first-order valence-electron chi connectivity index (χ1n) is 19.2. The molecule has 0 fully saturated rings. The molecule has 58 heavy (non-hydrogen) atoms. The van der Waals surface area contributed by atoms with Crippen LogP contribution in [0.15, 0.2) is 168 Å². The van der Waals surface area contributed by atoms with Gasteiger partial charge in [-0.05, 0) is 106 Å². The largest absolute Gasteiger partial charge is 0.486 e. The minimum absolute atomic E-state index is 0. The Bertz CT molecular complexity index is 3050. The van der Waals surface area contributed by atoms with Crippen LogP contribution in [0.5, 0.6) is 0 Å². The van der Waals surface area contributed by atoms with Crippen LogP contribution in [0.1, 0.15) is 22.4 Å². The summed E-state index contributed by atoms with van der Waals surface area (Å²) >= 11 is 0. The van der Waals surface area contributed by atoms with E-state index in [9.17, 15) is 0 Å². The number of hydrogen-bond donors (Lipinski definition) is 0. The van der Waals surface area contributed by atoms with Crippen molar-refractivity contribution >= 4 is 32.8 Å². The molecule has 0 atom stereocenters. The zero-order valence-corrected chi connectivity index (χ0v) is 35.1. The maximum absolute atomic E-state index is 6.21. The molecule has 1 radical (unpaired) electrons. The standard InChI is InChI=1S/C34H23N2O.C19H16N.Ir/c1-21-11-14-30-29-9-6-10-31(33(29)37-34(30)36-21)32-20-26(17-18-35-32)28-16-13-25-19-24(12-15-27(25)22(28)2)23-7-4-3-5-8-23;1-14-8-11-19(20-13-14)17-10-9-15(2)18(12-17)16-6-4-3-5-7-16;/h3-9,11-20H,1-2H3;3-9,11-13H,1-2H3;/q2*-1;. The first-order valence-corrected chi connectivity index (χ1v) is 19.2. The number of furan rings is 1. The number of benzene rings is 6. The first kappa shape index (κ1) is 38.4. The molecule has 0 amide bonds. The Hall–Kier alpha value is -6.52. The second kappa shape index (κ2) is 16.5. The molecule has 4 aromatic heterocycles. The zero-order chi connectivity index (χ0) is 38.9. The third-order valence-electron chi connectivity index (χ3n) is 10.6. The van der Waals surface area contributed by atoms with Gasteiger partial charge in [-0.1, -0.05) is 127 Å². The Morgan fingerprint density at radius 2 is 1.33 bits per heavy atom. The monoisotopic (exact) mass is 926 g/mol. The summed E-state index contributed by atoms with van der Waals surface area (Å²) in [6.45, 7) is 8.33. The van der Waals surface area contributed by atoms with Gasteiger partial charge in [-0.3, -0.25) is 0 Å². The molecule has 4 heterocycles. The summed E-state index contributed by atoms with van der Waals surface area (Å²) in [5.74, 6) is 0. The van der Waals surface area contributed by atoms with E-state index in [1.54, 1.807) is 0 Å². The third-order valence-corrected chi connectivity index (χ3v) is 10.6. The Balaban J connectivity index is 0.000000190. The molecular formula is C53H39IrN3O-2. The van der Waals surface area contributed by atoms with E-state index in [2.05, 4.69) is 145 Å². The Morgan fingerprint density at radius 1 is 0.552 bits per heavy atom. The Morgan fingerprint density at radius 3 is 2.10 bits per heavy atom. The van der Waals surface area contributed by atoms with Crippen LogP contribution in [0.3, 0.4) is 0 Å². The molecule has 0 spiro atoms. The quantitative estimate of drug-likeness (QED) is 0.161. The van der Waals surface area contributed by atoms with Crippen molar-refractivity contribution in [2.75, 3.05) is 0 Å². The van der Waals surface area contributed by atoms with E-state index in [0.717, 1.165) is 50.1 Å². The summed E-state index contributed by atoms with van der Waals surface area (Å²) in [6, 6.07) is 59.3. The molecule has 0 saturated heterocycles. The van der Waals surface area contributed by atoms with Crippen molar-refractivity contribution in [3.63, 3.8) is 0 Å². The van der Waals surface area contributed by atoms with Gasteiger partial charge in [-0.2, -0.15) is 0 Å². The Labute approximate surface area is 352 Å². The normalized spacial score (nSPS) is 11.0. The van der Waals surface area contributed by atoms with Crippen molar-refractivity contribution in [2.45, 2.75) is 27.7 Å². The van der Waals surface area contributed by atoms with Crippen molar-refractivity contribution < 1.29 is 24.5 Å². The molecule has 0 aliphatic carbocycles. The number of nitrogens with zero attached hydrogens (tertiary/aromatic N) is 3. The molecular weight excluding hydrogens is 887 g/mol. The molecule has 10 rings (SSSR count). The van der Waals surface area contributed by atoms with Crippen molar-refractivity contribution in [3.8, 4) is 55.9 Å². The average molecular weight is 926 g/mol. The van der Waals surface area contributed by atoms with Gasteiger partial charge in [-0.15, -0.1) is 47.5 Å². The molecule has 0 saturated carbocycles. The summed E-state index contributed by atoms with van der Waals surface area (Å²) in [5.41, 5.74) is 16.9. The van der Waals surface area contributed by atoms with Gasteiger partial charge in [-0.25, -0.2) is 4.98 Å². The molecule has 0 aliphatic rings. The number of aromatic nitrogens is 3. The number of hydrogen-bond acceptors (Lipinski definition) is 4. The predicted molar refractivity (Wildman–Crippen MR) is 235 cm³/mol. The fourth-order valence-corrected chi connectivity index (χ4v) is 7.52. The fraction of sp³-hybridized carbons (Fsp3) is 0.0755. The number of aryl methyl sites for hydroxylation is 4. The first-order chi connectivity index (χ1) is 27.9. The zero-order valence-electron chi connectivity index (χ0n) is 32.7. The molecule has 4 nitrogen and oxygen atoms in total. The van der Waals surface area contributed by atoms with E-state index in [1.165, 1.54) is 55.3 Å². The van der Waals surface area contributed by atoms with Crippen molar-refractivity contribution in [1.82, 2.24) is 15.0 Å². The van der Waals surface area contributed by atoms with E-state index in [-0.39, 0.29) is 20.1 Å². The Kier molecular flexibility index (Phi) is 10.9. The molecule has 283 valence electrons. The molecule has 5 heteroatoms. The van der Waals surface area contributed by atoms with Gasteiger partial charge in [0.05, 0.1) is 5.58 Å². The van der Waals surface area contributed by atoms with Gasteiger partial charge in [0.25, 0.3) is 0 Å². The fourth-order valence-electron chi connectivity index (χ4n) is 7.52. The summed E-state index contributed by atoms with van der Waals surface area (Å²) in [7, 11) is 0. The van der Waals surface area contributed by atoms with Crippen LogP contribution in [-0.4, -0.2) is 15.0 Å². The van der Waals surface area contributed by atoms with Gasteiger partial charge >= 0.3 is 0 Å². The van der Waals surface area contributed by atoms with Crippen molar-refractivity contribution in [1.29, 1.82) is 0 Å². The molecule has 6 aromatic carbocycles. The summed E-state index contributed by atoms with van der Waals surface area (Å²) in [6.07, 6.45) is 3.76. The van der Waals surface area contributed by atoms with Gasteiger partial charge < -0.3 is 14.4 Å². The topological polar surface area (TPSA) is 51.8 Å². The molecule has 0 unspecified atom stereocenters. The summed E-state index contributed by atoms with van der Waals surface area (Å²) in [4.78, 5) is 13.8. The molecule has 0 aliphatic heterocycles. The summed E-state index contributed by atoms with van der Waals surface area (Å²) < 4.78 is 6.21. The number of pyridine rings is 3. The predicted octanol–water partition coefficient (Wildman–Crippen LogP) is 13.8. The average Bonchev–Trinajstić information content (AvgIpc) is 3.63. The van der Waals surface area contributed by atoms with Crippen LogP contribution in [0.4, 0.5) is 0 Å². The van der Waals surface area contributed by atoms with Gasteiger partial charge in [0, 0.05) is 43.6 Å². The van der Waals surface area contributed by atoms with E-state index >= 15 is 0 Å². The molecule has 0 N–H and O–H groups in total.